The van der Waals surface area contributed by atoms with E-state index < -0.39 is 7.26 Å². The highest BCUT2D eigenvalue weighted by Gasteiger charge is 2.50. The first kappa shape index (κ1) is 19.5. The smallest absolute Gasteiger partial charge is 0.270 e. The summed E-state index contributed by atoms with van der Waals surface area (Å²) in [6.45, 7) is 4.20. The first-order valence-electron chi connectivity index (χ1n) is 8.81. The van der Waals surface area contributed by atoms with Gasteiger partial charge in [-0.25, -0.2) is 4.98 Å². The Bertz CT molecular complexity index is 956. The monoisotopic (exact) mass is 436 g/mol. The molecule has 27 heavy (non-hydrogen) atoms. The van der Waals surface area contributed by atoms with Gasteiger partial charge in [-0.2, -0.15) is 0 Å². The molecule has 1 heterocycles. The van der Waals surface area contributed by atoms with E-state index in [1.807, 2.05) is 6.20 Å². The fourth-order valence-corrected chi connectivity index (χ4v) is 7.49. The fourth-order valence-electron chi connectivity index (χ4n) is 3.45. The van der Waals surface area contributed by atoms with Crippen LogP contribution in [0.2, 0.25) is 0 Å². The normalized spacial score (nSPS) is 11.0. The average Bonchev–Trinajstić information content (AvgIpc) is 3.12. The van der Waals surface area contributed by atoms with E-state index in [2.05, 4.69) is 104 Å². The second kappa shape index (κ2) is 8.21. The van der Waals surface area contributed by atoms with E-state index >= 15 is 0 Å². The maximum Gasteiger partial charge on any atom is 0.270 e. The molecule has 0 aliphatic rings. The number of hydrogen-bond donors (Lipinski definition) is 1. The lowest BCUT2D eigenvalue weighted by atomic mass is 10.2. The molecule has 0 saturated heterocycles. The molecule has 0 bridgehead atoms. The molecule has 136 valence electrons. The van der Waals surface area contributed by atoms with Crippen LogP contribution in [0.1, 0.15) is 11.3 Å². The molecule has 3 aromatic carbocycles. The van der Waals surface area contributed by atoms with Gasteiger partial charge in [0.2, 0.25) is 0 Å². The summed E-state index contributed by atoms with van der Waals surface area (Å²) in [5, 5.41) is 3.93. The molecule has 1 N–H and O–H groups in total. The molecule has 0 fully saturated rings. The first-order valence-corrected chi connectivity index (χ1v) is 10.6. The van der Waals surface area contributed by atoms with Crippen LogP contribution in [-0.2, 0) is 0 Å². The van der Waals surface area contributed by atoms with E-state index in [1.54, 1.807) is 0 Å². The lowest BCUT2D eigenvalue weighted by molar-refractivity contribution is -0.00000532. The van der Waals surface area contributed by atoms with Gasteiger partial charge in [0, 0.05) is 5.69 Å². The Labute approximate surface area is 171 Å². The molecule has 4 rings (SSSR count). The zero-order valence-corrected chi connectivity index (χ0v) is 17.9. The summed E-state index contributed by atoms with van der Waals surface area (Å²) in [6, 6.07) is 30.5. The van der Waals surface area contributed by atoms with Gasteiger partial charge in [0.15, 0.2) is 7.26 Å². The number of halogens is 1. The van der Waals surface area contributed by atoms with Crippen LogP contribution in [0.5, 0.6) is 0 Å². The van der Waals surface area contributed by atoms with Gasteiger partial charge in [0.25, 0.3) is 5.57 Å². The highest BCUT2D eigenvalue weighted by molar-refractivity contribution is 8.01. The standard InChI is InChI=1S/C23H22N2P.BrH/c1-18-13-15-22(16-14-18)26(20-9-5-3-6-10-20,21-11-7-4-8-12-21)23-24-17-19(2)25-23;/h3-17H,1-2H3,(H,24,25);1H/q+1;/p-1. The minimum absolute atomic E-state index is 0. The zero-order chi connectivity index (χ0) is 18.0. The molecule has 2 nitrogen and oxygen atoms in total. The van der Waals surface area contributed by atoms with E-state index in [0.29, 0.717) is 0 Å². The quantitative estimate of drug-likeness (QED) is 0.467. The number of nitrogens with zero attached hydrogens (tertiary/aromatic N) is 1. The second-order valence-electron chi connectivity index (χ2n) is 6.57. The van der Waals surface area contributed by atoms with Gasteiger partial charge in [0.1, 0.15) is 15.9 Å². The van der Waals surface area contributed by atoms with Gasteiger partial charge >= 0.3 is 0 Å². The number of hydrogen-bond acceptors (Lipinski definition) is 1. The van der Waals surface area contributed by atoms with Crippen LogP contribution in [0.15, 0.2) is 91.1 Å². The third-order valence-corrected chi connectivity index (χ3v) is 8.80. The molecule has 0 unspecified atom stereocenters. The Morgan fingerprint density at radius 1 is 0.667 bits per heavy atom. The molecule has 0 spiro atoms. The van der Waals surface area contributed by atoms with Crippen LogP contribution in [0.25, 0.3) is 0 Å². The van der Waals surface area contributed by atoms with Crippen LogP contribution in [0.4, 0.5) is 0 Å². The number of aryl methyl sites for hydroxylation is 2. The van der Waals surface area contributed by atoms with Gasteiger partial charge in [-0.15, -0.1) is 0 Å². The predicted octanol–water partition coefficient (Wildman–Crippen LogP) is 0.650. The van der Waals surface area contributed by atoms with Crippen LogP contribution >= 0.6 is 7.26 Å². The number of imidazole rings is 1. The van der Waals surface area contributed by atoms with E-state index in [4.69, 9.17) is 4.98 Å². The third-order valence-electron chi connectivity index (χ3n) is 4.72. The molecular formula is C23H22BrN2P. The maximum absolute atomic E-state index is 4.83. The van der Waals surface area contributed by atoms with Gasteiger partial charge in [-0.3, -0.25) is 0 Å². The summed E-state index contributed by atoms with van der Waals surface area (Å²) in [5.41, 5.74) is 3.41. The van der Waals surface area contributed by atoms with Crippen LogP contribution < -0.4 is 38.5 Å². The van der Waals surface area contributed by atoms with E-state index in [0.717, 1.165) is 11.3 Å². The van der Waals surface area contributed by atoms with Crippen molar-refractivity contribution >= 4 is 28.7 Å². The largest absolute Gasteiger partial charge is 1.00 e. The number of rotatable bonds is 4. The van der Waals surface area contributed by atoms with Crippen molar-refractivity contribution in [1.82, 2.24) is 9.97 Å². The molecule has 4 aromatic rings. The SMILES string of the molecule is Cc1ccc([P+](c2ccccc2)(c2ccccc2)c2ncc(C)[nH]2)cc1.[Br-]. The van der Waals surface area contributed by atoms with E-state index in [1.165, 1.54) is 21.5 Å². The molecule has 0 aliphatic carbocycles. The Morgan fingerprint density at radius 3 is 1.59 bits per heavy atom. The van der Waals surface area contributed by atoms with Gasteiger partial charge < -0.3 is 22.0 Å². The molecule has 4 heteroatoms. The van der Waals surface area contributed by atoms with Crippen molar-refractivity contribution in [1.29, 1.82) is 0 Å². The predicted molar refractivity (Wildman–Crippen MR) is 113 cm³/mol. The van der Waals surface area contributed by atoms with Crippen molar-refractivity contribution in [2.75, 3.05) is 0 Å². The van der Waals surface area contributed by atoms with Gasteiger partial charge in [-0.05, 0) is 50.2 Å². The minimum atomic E-state index is -2.07. The first-order chi connectivity index (χ1) is 12.7. The molecule has 0 saturated carbocycles. The Morgan fingerprint density at radius 2 is 1.15 bits per heavy atom. The maximum atomic E-state index is 4.83. The summed E-state index contributed by atoms with van der Waals surface area (Å²) in [5.74, 6) is 0. The van der Waals surface area contributed by atoms with Crippen LogP contribution in [0, 0.1) is 13.8 Å². The average molecular weight is 437 g/mol. The van der Waals surface area contributed by atoms with Crippen LogP contribution in [0.3, 0.4) is 0 Å². The lowest BCUT2D eigenvalue weighted by Crippen LogP contribution is -3.00. The van der Waals surface area contributed by atoms with Crippen molar-refractivity contribution in [2.24, 2.45) is 0 Å². The summed E-state index contributed by atoms with van der Waals surface area (Å²) >= 11 is 0. The molecule has 0 amide bonds. The van der Waals surface area contributed by atoms with E-state index in [9.17, 15) is 0 Å². The van der Waals surface area contributed by atoms with E-state index in [-0.39, 0.29) is 17.0 Å². The van der Waals surface area contributed by atoms with Crippen molar-refractivity contribution in [2.45, 2.75) is 13.8 Å². The lowest BCUT2D eigenvalue weighted by Gasteiger charge is -2.24. The van der Waals surface area contributed by atoms with Gasteiger partial charge in [0.05, 0.1) is 6.20 Å². The topological polar surface area (TPSA) is 28.7 Å². The molecule has 1 aromatic heterocycles. The molecule has 0 aliphatic heterocycles. The van der Waals surface area contributed by atoms with Crippen molar-refractivity contribution in [3.05, 3.63) is 102 Å². The van der Waals surface area contributed by atoms with Gasteiger partial charge in [-0.1, -0.05) is 54.1 Å². The second-order valence-corrected chi connectivity index (χ2v) is 9.88. The summed E-state index contributed by atoms with van der Waals surface area (Å²) in [6.07, 6.45) is 1.93. The van der Waals surface area contributed by atoms with Crippen molar-refractivity contribution in [3.8, 4) is 0 Å². The zero-order valence-electron chi connectivity index (χ0n) is 15.4. The Hall–Kier alpha value is -2.22. The van der Waals surface area contributed by atoms with Crippen molar-refractivity contribution in [3.63, 3.8) is 0 Å². The number of aromatic amines is 1. The third kappa shape index (κ3) is 3.50. The summed E-state index contributed by atoms with van der Waals surface area (Å²) in [4.78, 5) is 8.40. The van der Waals surface area contributed by atoms with Crippen molar-refractivity contribution < 1.29 is 17.0 Å². The summed E-state index contributed by atoms with van der Waals surface area (Å²) in [7, 11) is -2.07. The minimum Gasteiger partial charge on any atom is -1.00 e. The Balaban J connectivity index is 0.00000210. The number of H-pyrrole nitrogens is 1. The van der Waals surface area contributed by atoms with Crippen LogP contribution in [-0.4, -0.2) is 9.97 Å². The number of benzene rings is 3. The number of nitrogens with one attached hydrogen (secondary N) is 1. The molecule has 0 atom stereocenters. The highest BCUT2D eigenvalue weighted by atomic mass is 79.9. The number of aromatic nitrogens is 2. The summed E-state index contributed by atoms with van der Waals surface area (Å²) < 4.78 is 0. The Kier molecular flexibility index (Phi) is 5.94. The molecular weight excluding hydrogens is 415 g/mol. The fraction of sp³-hybridized carbons (Fsp3) is 0.0870. The molecule has 0 radical (unpaired) electrons. The highest BCUT2D eigenvalue weighted by Crippen LogP contribution is 2.53.